The summed E-state index contributed by atoms with van der Waals surface area (Å²) in [6.07, 6.45) is 18.8. The zero-order valence-electron chi connectivity index (χ0n) is 16.0. The van der Waals surface area contributed by atoms with Gasteiger partial charge < -0.3 is 0 Å². The summed E-state index contributed by atoms with van der Waals surface area (Å²) in [4.78, 5) is 15.1. The topological polar surface area (TPSA) is 56.0 Å². The van der Waals surface area contributed by atoms with Crippen LogP contribution in [-0.4, -0.2) is 9.91 Å². The minimum absolute atomic E-state index is 0. The van der Waals surface area contributed by atoms with E-state index in [1.54, 1.807) is 6.20 Å². The Morgan fingerprint density at radius 3 is 2.07 bits per heavy atom. The molecule has 2 aliphatic rings. The molecule has 1 aromatic heterocycles. The number of pyridine rings is 1. The molecule has 0 spiro atoms. The summed E-state index contributed by atoms with van der Waals surface area (Å²) in [6, 6.07) is 15.7. The third-order valence-electron chi connectivity index (χ3n) is 4.74. The average molecular weight is 434 g/mol. The van der Waals surface area contributed by atoms with Crippen molar-refractivity contribution in [3.05, 3.63) is 145 Å². The summed E-state index contributed by atoms with van der Waals surface area (Å²) in [7, 11) is 0. The maximum Gasteiger partial charge on any atom is 2.00 e. The molecule has 1 heterocycles. The van der Waals surface area contributed by atoms with E-state index in [1.165, 1.54) is 12.3 Å². The Hall–Kier alpha value is -2.23. The Kier molecular flexibility index (Phi) is 8.01. The van der Waals surface area contributed by atoms with Gasteiger partial charge in [-0.05, 0) is 67.7 Å². The fourth-order valence-electron chi connectivity index (χ4n) is 3.42. The molecule has 5 rings (SSSR count). The number of benzene rings is 2. The van der Waals surface area contributed by atoms with Crippen LogP contribution in [0.15, 0.2) is 60.9 Å². The molecule has 3 aromatic rings. The first-order chi connectivity index (χ1) is 14.3. The number of nitro groups is 1. The molecule has 5 heteroatoms. The summed E-state index contributed by atoms with van der Waals surface area (Å²) >= 11 is 0. The number of fused-ring (bicyclic) bond motifs is 1. The molecule has 0 atom stereocenters. The summed E-state index contributed by atoms with van der Waals surface area (Å²) in [5.74, 6) is 1.80. The first-order valence-electron chi connectivity index (χ1n) is 9.25. The molecule has 4 nitrogen and oxygen atoms in total. The molecule has 2 aromatic carbocycles. The van der Waals surface area contributed by atoms with Crippen molar-refractivity contribution in [3.63, 3.8) is 0 Å². The molecule has 2 saturated carbocycles. The van der Waals surface area contributed by atoms with E-state index in [2.05, 4.69) is 23.2 Å². The fourth-order valence-corrected chi connectivity index (χ4v) is 3.42. The van der Waals surface area contributed by atoms with Crippen molar-refractivity contribution in [1.82, 2.24) is 4.98 Å². The van der Waals surface area contributed by atoms with Gasteiger partial charge >= 0.3 is 17.1 Å². The van der Waals surface area contributed by atoms with E-state index in [9.17, 15) is 10.1 Å². The van der Waals surface area contributed by atoms with Crippen LogP contribution >= 0.6 is 0 Å². The van der Waals surface area contributed by atoms with Crippen molar-refractivity contribution in [2.24, 2.45) is 0 Å². The fraction of sp³-hybridized carbons (Fsp3) is 0. The number of rotatable bonds is 3. The maximum absolute atomic E-state index is 11.4. The van der Waals surface area contributed by atoms with E-state index >= 15 is 0 Å². The van der Waals surface area contributed by atoms with Gasteiger partial charge in [0.05, 0.1) is 10.5 Å². The first kappa shape index (κ1) is 22.5. The van der Waals surface area contributed by atoms with Gasteiger partial charge in [-0.1, -0.05) is 42.5 Å². The molecule has 30 heavy (non-hydrogen) atoms. The second-order valence-electron chi connectivity index (χ2n) is 6.49. The Morgan fingerprint density at radius 2 is 1.37 bits per heavy atom. The van der Waals surface area contributed by atoms with Gasteiger partial charge in [-0.25, -0.2) is 0 Å². The number of nitrogens with zero attached hydrogens (tertiary/aromatic N) is 2. The van der Waals surface area contributed by atoms with Crippen molar-refractivity contribution < 1.29 is 22.0 Å². The van der Waals surface area contributed by atoms with Gasteiger partial charge in [0.1, 0.15) is 0 Å². The van der Waals surface area contributed by atoms with Gasteiger partial charge in [-0.3, -0.25) is 15.1 Å². The van der Waals surface area contributed by atoms with Crippen molar-refractivity contribution in [3.8, 4) is 0 Å². The monoisotopic (exact) mass is 434 g/mol. The Morgan fingerprint density at radius 1 is 0.733 bits per heavy atom. The van der Waals surface area contributed by atoms with Crippen LogP contribution in [-0.2, 0) is 17.1 Å². The van der Waals surface area contributed by atoms with Gasteiger partial charge in [-0.15, -0.1) is 0 Å². The van der Waals surface area contributed by atoms with Crippen LogP contribution in [0.3, 0.4) is 0 Å². The van der Waals surface area contributed by atoms with Gasteiger partial charge in [0.25, 0.3) is 5.69 Å². The van der Waals surface area contributed by atoms with Crippen molar-refractivity contribution in [1.29, 1.82) is 0 Å². The Labute approximate surface area is 188 Å². The van der Waals surface area contributed by atoms with Gasteiger partial charge in [-0.2, -0.15) is 0 Å². The largest absolute Gasteiger partial charge is 2.00 e. The average Bonchev–Trinajstić information content (AvgIpc) is 3.48. The molecule has 0 saturated heterocycles. The molecule has 2 aliphatic carbocycles. The first-order valence-corrected chi connectivity index (χ1v) is 9.25. The molecule has 0 N–H and O–H groups in total. The molecule has 10 radical (unpaired) electrons. The summed E-state index contributed by atoms with van der Waals surface area (Å²) in [6.45, 7) is 0. The van der Waals surface area contributed by atoms with E-state index in [0.29, 0.717) is 5.56 Å². The minimum atomic E-state index is -0.364. The molecular formula is C25H18FeN2O2+2. The van der Waals surface area contributed by atoms with E-state index in [4.69, 9.17) is 0 Å². The quantitative estimate of drug-likeness (QED) is 0.318. The summed E-state index contributed by atoms with van der Waals surface area (Å²) < 4.78 is 0. The van der Waals surface area contributed by atoms with E-state index < -0.39 is 0 Å². The van der Waals surface area contributed by atoms with E-state index in [0.717, 1.165) is 28.2 Å². The van der Waals surface area contributed by atoms with E-state index in [-0.39, 0.29) is 27.7 Å². The second-order valence-corrected chi connectivity index (χ2v) is 6.49. The zero-order chi connectivity index (χ0) is 20.1. The molecule has 2 fully saturated rings. The van der Waals surface area contributed by atoms with Crippen LogP contribution in [0.4, 0.5) is 5.69 Å². The van der Waals surface area contributed by atoms with Crippen LogP contribution in [0.5, 0.6) is 0 Å². The van der Waals surface area contributed by atoms with Crippen LogP contribution in [0.1, 0.15) is 11.1 Å². The number of aromatic nitrogens is 1. The van der Waals surface area contributed by atoms with Gasteiger partial charge in [0, 0.05) is 30.3 Å². The Balaban J connectivity index is 0.000000376. The van der Waals surface area contributed by atoms with Crippen LogP contribution in [0.2, 0.25) is 0 Å². The molecule has 0 aliphatic heterocycles. The maximum atomic E-state index is 11.4. The zero-order valence-corrected chi connectivity index (χ0v) is 17.1. The smallest absolute Gasteiger partial charge is 0.264 e. The van der Waals surface area contributed by atoms with Crippen molar-refractivity contribution >= 4 is 16.5 Å². The third kappa shape index (κ3) is 4.91. The predicted octanol–water partition coefficient (Wildman–Crippen LogP) is 5.33. The molecular weight excluding hydrogens is 416 g/mol. The van der Waals surface area contributed by atoms with Gasteiger partial charge in [0.2, 0.25) is 0 Å². The van der Waals surface area contributed by atoms with E-state index in [1.807, 2.05) is 75.6 Å². The number of hydrogen-bond acceptors (Lipinski definition) is 3. The van der Waals surface area contributed by atoms with Crippen molar-refractivity contribution in [2.75, 3.05) is 0 Å². The number of hydrogen-bond donors (Lipinski definition) is 0. The summed E-state index contributed by atoms with van der Waals surface area (Å²) in [5, 5.41) is 13.6. The van der Waals surface area contributed by atoms with Crippen LogP contribution in [0.25, 0.3) is 10.8 Å². The third-order valence-corrected chi connectivity index (χ3v) is 4.74. The van der Waals surface area contributed by atoms with Crippen molar-refractivity contribution in [2.45, 2.75) is 0 Å². The minimum Gasteiger partial charge on any atom is -0.264 e. The molecule has 0 bridgehead atoms. The normalized spacial score (nSPS) is 16.7. The van der Waals surface area contributed by atoms with Gasteiger partial charge in [0.15, 0.2) is 0 Å². The standard InChI is InChI=1S/C20H13N2O2.C5H5.Fe/c23-22(24)20-11-12-21-13-19(20)18-10-4-9-17(18)16-8-3-6-14-5-1-2-7-15(14)16;1-2-4-5-3-1;/h1-13H;1-5H;/q;;+2. The van der Waals surface area contributed by atoms with Crippen LogP contribution < -0.4 is 0 Å². The predicted molar refractivity (Wildman–Crippen MR) is 114 cm³/mol. The Bertz CT molecular complexity index is 975. The molecule has 146 valence electrons. The van der Waals surface area contributed by atoms with Crippen LogP contribution in [0, 0.1) is 73.3 Å². The summed E-state index contributed by atoms with van der Waals surface area (Å²) in [5.41, 5.74) is 1.67. The SMILES string of the molecule is O=[N+]([O-])c1ccncc1[C]1[CH][CH][CH][C]1c1cccc2ccccc12.[CH]1[CH][CH][CH][CH]1.[Fe+2]. The molecule has 0 unspecified atom stereocenters. The second kappa shape index (κ2) is 10.7. The molecule has 0 amide bonds.